The van der Waals surface area contributed by atoms with Crippen LogP contribution in [0.25, 0.3) is 0 Å². The second kappa shape index (κ2) is 7.96. The van der Waals surface area contributed by atoms with Gasteiger partial charge in [-0.1, -0.05) is 53.1 Å². The maximum absolute atomic E-state index is 12.9. The maximum Gasteiger partial charge on any atom is 0.313 e. The molecular formula is C15H18ClO3PS2. The molecule has 0 spiro atoms. The zero-order valence-corrected chi connectivity index (χ0v) is 15.6. The van der Waals surface area contributed by atoms with Gasteiger partial charge in [0.25, 0.3) is 0 Å². The number of carbonyl (C=O) groups is 1. The van der Waals surface area contributed by atoms with Gasteiger partial charge in [-0.25, -0.2) is 0 Å². The standard InChI is InChI=1S/C15H18ClO3PS2/c1-3-19-15(17)14(10-12-4-6-13(16)7-5-12)11(2)20(18)21-8-9-22-20/h4-7,14H,2-3,8-10H2,1H3. The number of halogens is 1. The number of rotatable bonds is 6. The first-order chi connectivity index (χ1) is 10.5. The van der Waals surface area contributed by atoms with Gasteiger partial charge in [0.05, 0.1) is 12.5 Å². The van der Waals surface area contributed by atoms with E-state index in [1.165, 1.54) is 22.8 Å². The van der Waals surface area contributed by atoms with E-state index in [2.05, 4.69) is 6.58 Å². The van der Waals surface area contributed by atoms with Crippen molar-refractivity contribution >= 4 is 45.9 Å². The Morgan fingerprint density at radius 2 is 1.95 bits per heavy atom. The van der Waals surface area contributed by atoms with Crippen LogP contribution in [0.2, 0.25) is 5.02 Å². The fourth-order valence-electron chi connectivity index (χ4n) is 2.15. The lowest BCUT2D eigenvalue weighted by molar-refractivity contribution is -0.146. The number of hydrogen-bond acceptors (Lipinski definition) is 5. The van der Waals surface area contributed by atoms with E-state index in [0.717, 1.165) is 17.1 Å². The first kappa shape index (κ1) is 18.0. The van der Waals surface area contributed by atoms with Crippen molar-refractivity contribution in [3.63, 3.8) is 0 Å². The van der Waals surface area contributed by atoms with Crippen LogP contribution in [0.4, 0.5) is 0 Å². The molecule has 0 amide bonds. The highest BCUT2D eigenvalue weighted by Crippen LogP contribution is 2.79. The molecule has 0 N–H and O–H groups in total. The number of ether oxygens (including phenoxy) is 1. The molecule has 1 unspecified atom stereocenters. The quantitative estimate of drug-likeness (QED) is 0.501. The van der Waals surface area contributed by atoms with Crippen molar-refractivity contribution in [3.05, 3.63) is 46.7 Å². The number of carbonyl (C=O) groups excluding carboxylic acids is 1. The molecule has 0 aromatic heterocycles. The van der Waals surface area contributed by atoms with Gasteiger partial charge in [0, 0.05) is 21.8 Å². The Bertz CT molecular complexity index is 593. The Labute approximate surface area is 144 Å². The maximum atomic E-state index is 12.9. The molecule has 1 atom stereocenters. The van der Waals surface area contributed by atoms with E-state index < -0.39 is 11.5 Å². The Morgan fingerprint density at radius 1 is 1.36 bits per heavy atom. The molecule has 1 saturated heterocycles. The lowest BCUT2D eigenvalue weighted by Crippen LogP contribution is -2.21. The van der Waals surface area contributed by atoms with Gasteiger partial charge in [0.1, 0.15) is 0 Å². The van der Waals surface area contributed by atoms with Crippen molar-refractivity contribution in [1.82, 2.24) is 0 Å². The molecule has 1 aliphatic rings. The average molecular weight is 377 g/mol. The summed E-state index contributed by atoms with van der Waals surface area (Å²) in [4.78, 5) is 12.3. The Balaban J connectivity index is 2.22. The first-order valence-corrected chi connectivity index (χ1v) is 12.2. The minimum absolute atomic E-state index is 0.299. The van der Waals surface area contributed by atoms with Crippen molar-refractivity contribution in [2.24, 2.45) is 5.92 Å². The van der Waals surface area contributed by atoms with Gasteiger partial charge in [-0.2, -0.15) is 0 Å². The summed E-state index contributed by atoms with van der Waals surface area (Å²) < 4.78 is 18.1. The van der Waals surface area contributed by atoms with Gasteiger partial charge >= 0.3 is 5.97 Å². The van der Waals surface area contributed by atoms with E-state index in [0.29, 0.717) is 23.4 Å². The highest BCUT2D eigenvalue weighted by Gasteiger charge is 2.39. The molecule has 7 heteroatoms. The molecule has 0 radical (unpaired) electrons. The zero-order valence-electron chi connectivity index (χ0n) is 12.3. The van der Waals surface area contributed by atoms with Crippen LogP contribution < -0.4 is 0 Å². The lowest BCUT2D eigenvalue weighted by atomic mass is 9.99. The molecular weight excluding hydrogens is 359 g/mol. The topological polar surface area (TPSA) is 43.4 Å². The monoisotopic (exact) mass is 376 g/mol. The van der Waals surface area contributed by atoms with Crippen molar-refractivity contribution in [2.45, 2.75) is 13.3 Å². The van der Waals surface area contributed by atoms with Crippen molar-refractivity contribution in [2.75, 3.05) is 18.1 Å². The fraction of sp³-hybridized carbons (Fsp3) is 0.400. The van der Waals surface area contributed by atoms with Crippen molar-refractivity contribution < 1.29 is 14.1 Å². The van der Waals surface area contributed by atoms with Crippen molar-refractivity contribution in [1.29, 1.82) is 0 Å². The SMILES string of the molecule is C=C(C(Cc1ccc(Cl)cc1)C(=O)OCC)P1(=O)SCCS1. The minimum Gasteiger partial charge on any atom is -0.466 e. The highest BCUT2D eigenvalue weighted by atomic mass is 35.5. The third-order valence-corrected chi connectivity index (χ3v) is 12.7. The van der Waals surface area contributed by atoms with Gasteiger partial charge in [-0.3, -0.25) is 9.36 Å². The zero-order chi connectivity index (χ0) is 16.2. The average Bonchev–Trinajstić information content (AvgIpc) is 2.94. The lowest BCUT2D eigenvalue weighted by Gasteiger charge is -2.21. The Kier molecular flexibility index (Phi) is 6.51. The predicted octanol–water partition coefficient (Wildman–Crippen LogP) is 5.25. The van der Waals surface area contributed by atoms with Gasteiger partial charge < -0.3 is 4.74 Å². The normalized spacial score (nSPS) is 17.9. The van der Waals surface area contributed by atoms with E-state index in [9.17, 15) is 9.36 Å². The molecule has 0 saturated carbocycles. The fourth-order valence-corrected chi connectivity index (χ4v) is 11.1. The molecule has 0 bridgehead atoms. The summed E-state index contributed by atoms with van der Waals surface area (Å²) in [5.41, 5.74) is -1.68. The third kappa shape index (κ3) is 4.35. The predicted molar refractivity (Wildman–Crippen MR) is 96.9 cm³/mol. The van der Waals surface area contributed by atoms with Crippen LogP contribution in [0.3, 0.4) is 0 Å². The van der Waals surface area contributed by atoms with Crippen LogP contribution in [0.5, 0.6) is 0 Å². The van der Waals surface area contributed by atoms with Gasteiger partial charge in [0.2, 0.25) is 5.55 Å². The van der Waals surface area contributed by atoms with Crippen LogP contribution in [0.1, 0.15) is 12.5 Å². The number of hydrogen-bond donors (Lipinski definition) is 0. The summed E-state index contributed by atoms with van der Waals surface area (Å²) in [5, 5.41) is 1.15. The molecule has 1 aliphatic heterocycles. The van der Waals surface area contributed by atoms with Gasteiger partial charge in [-0.15, -0.1) is 0 Å². The summed E-state index contributed by atoms with van der Waals surface area (Å²) in [6, 6.07) is 7.30. The Morgan fingerprint density at radius 3 is 2.50 bits per heavy atom. The summed E-state index contributed by atoms with van der Waals surface area (Å²) in [6.45, 7) is 6.06. The van der Waals surface area contributed by atoms with Gasteiger partial charge in [-0.05, 0) is 31.0 Å². The largest absolute Gasteiger partial charge is 0.466 e. The van der Waals surface area contributed by atoms with E-state index in [4.69, 9.17) is 16.3 Å². The van der Waals surface area contributed by atoms with E-state index in [1.54, 1.807) is 19.1 Å². The van der Waals surface area contributed by atoms with Gasteiger partial charge in [0.15, 0.2) is 0 Å². The van der Waals surface area contributed by atoms with Crippen LogP contribution in [-0.2, 0) is 20.5 Å². The third-order valence-electron chi connectivity index (χ3n) is 3.28. The Hall–Kier alpha value is -0.350. The molecule has 1 fully saturated rings. The molecule has 22 heavy (non-hydrogen) atoms. The summed E-state index contributed by atoms with van der Waals surface area (Å²) in [7, 11) is 0. The summed E-state index contributed by atoms with van der Waals surface area (Å²) in [5.74, 6) is 0.727. The van der Waals surface area contributed by atoms with Crippen LogP contribution in [0.15, 0.2) is 36.2 Å². The van der Waals surface area contributed by atoms with Crippen molar-refractivity contribution in [3.8, 4) is 0 Å². The molecule has 2 rings (SSSR count). The summed E-state index contributed by atoms with van der Waals surface area (Å²) in [6.07, 6.45) is 0.431. The first-order valence-electron chi connectivity index (χ1n) is 6.96. The van der Waals surface area contributed by atoms with E-state index >= 15 is 0 Å². The molecule has 1 aromatic carbocycles. The molecule has 1 heterocycles. The molecule has 120 valence electrons. The molecule has 1 aromatic rings. The van der Waals surface area contributed by atoms with Crippen LogP contribution in [-0.4, -0.2) is 24.1 Å². The van der Waals surface area contributed by atoms with Crippen LogP contribution >= 0.6 is 39.9 Å². The van der Waals surface area contributed by atoms with Crippen LogP contribution in [0, 0.1) is 5.92 Å². The number of esters is 1. The minimum atomic E-state index is -2.63. The highest BCUT2D eigenvalue weighted by molar-refractivity contribution is 8.93. The smallest absolute Gasteiger partial charge is 0.313 e. The van der Waals surface area contributed by atoms with E-state index in [1.807, 2.05) is 12.1 Å². The molecule has 0 aliphatic carbocycles. The molecule has 3 nitrogen and oxygen atoms in total. The second-order valence-electron chi connectivity index (χ2n) is 4.79. The van der Waals surface area contributed by atoms with E-state index in [-0.39, 0.29) is 5.97 Å². The summed E-state index contributed by atoms with van der Waals surface area (Å²) >= 11 is 8.73. The number of benzene rings is 1. The second-order valence-corrected chi connectivity index (χ2v) is 13.5.